The smallest absolute Gasteiger partial charge is 0.419 e. The molecule has 34 heavy (non-hydrogen) atoms. The third kappa shape index (κ3) is 4.59. The Hall–Kier alpha value is -3.87. The molecule has 0 saturated carbocycles. The standard InChI is InChI=1S/C21H16F4N6O2S/c1-10-14-5-11(8-27-18(14)30-20(26)29-10)12-6-17(19(33-2)28-9-12)31-34(32)13-3-4-16(22)15(7-13)21(23,24)25/h3-9,31H,1-2H3,(H2,26,27,29,30). The van der Waals surface area contributed by atoms with Crippen LogP contribution in [0.5, 0.6) is 5.88 Å². The Morgan fingerprint density at radius 3 is 2.47 bits per heavy atom. The van der Waals surface area contributed by atoms with Gasteiger partial charge < -0.3 is 10.5 Å². The average molecular weight is 492 g/mol. The maximum atomic E-state index is 13.6. The minimum Gasteiger partial charge on any atom is -0.480 e. The fourth-order valence-electron chi connectivity index (χ4n) is 3.18. The lowest BCUT2D eigenvalue weighted by molar-refractivity contribution is -0.140. The molecule has 0 radical (unpaired) electrons. The van der Waals surface area contributed by atoms with E-state index in [-0.39, 0.29) is 22.4 Å². The van der Waals surface area contributed by atoms with Crippen LogP contribution in [0.3, 0.4) is 0 Å². The number of alkyl halides is 3. The molecule has 0 amide bonds. The van der Waals surface area contributed by atoms with Crippen LogP contribution in [0.25, 0.3) is 22.2 Å². The van der Waals surface area contributed by atoms with Crippen molar-refractivity contribution in [1.29, 1.82) is 0 Å². The van der Waals surface area contributed by atoms with E-state index in [1.165, 1.54) is 19.5 Å². The second kappa shape index (κ2) is 8.82. The van der Waals surface area contributed by atoms with Gasteiger partial charge in [0, 0.05) is 28.9 Å². The molecule has 0 bridgehead atoms. The zero-order valence-corrected chi connectivity index (χ0v) is 18.5. The maximum Gasteiger partial charge on any atom is 0.419 e. The highest BCUT2D eigenvalue weighted by atomic mass is 32.2. The average Bonchev–Trinajstić information content (AvgIpc) is 2.78. The largest absolute Gasteiger partial charge is 0.480 e. The summed E-state index contributed by atoms with van der Waals surface area (Å²) < 4.78 is 73.2. The zero-order valence-electron chi connectivity index (χ0n) is 17.6. The van der Waals surface area contributed by atoms with E-state index in [1.54, 1.807) is 19.1 Å². The number of anilines is 2. The van der Waals surface area contributed by atoms with Gasteiger partial charge in [-0.05, 0) is 37.3 Å². The topological polar surface area (TPSA) is 116 Å². The highest BCUT2D eigenvalue weighted by Gasteiger charge is 2.34. The van der Waals surface area contributed by atoms with Gasteiger partial charge in [-0.2, -0.15) is 18.2 Å². The van der Waals surface area contributed by atoms with Crippen LogP contribution in [-0.2, 0) is 17.2 Å². The third-order valence-electron chi connectivity index (χ3n) is 4.80. The Bertz CT molecular complexity index is 1430. The Morgan fingerprint density at radius 1 is 1.06 bits per heavy atom. The molecular weight excluding hydrogens is 476 g/mol. The molecule has 4 rings (SSSR count). The van der Waals surface area contributed by atoms with Crippen molar-refractivity contribution in [1.82, 2.24) is 19.9 Å². The number of pyridine rings is 2. The minimum atomic E-state index is -4.93. The maximum absolute atomic E-state index is 13.6. The fourth-order valence-corrected chi connectivity index (χ4v) is 4.06. The molecule has 0 aliphatic heterocycles. The van der Waals surface area contributed by atoms with E-state index in [1.807, 2.05) is 0 Å². The first-order chi connectivity index (χ1) is 16.1. The molecule has 0 aliphatic rings. The van der Waals surface area contributed by atoms with Crippen molar-refractivity contribution in [2.75, 3.05) is 17.6 Å². The second-order valence-corrected chi connectivity index (χ2v) is 8.27. The van der Waals surface area contributed by atoms with Crippen molar-refractivity contribution < 1.29 is 26.5 Å². The number of hydrogen-bond acceptors (Lipinski definition) is 7. The van der Waals surface area contributed by atoms with Crippen LogP contribution in [0.1, 0.15) is 11.3 Å². The summed E-state index contributed by atoms with van der Waals surface area (Å²) in [6, 6.07) is 5.43. The molecule has 1 atom stereocenters. The molecule has 4 aromatic rings. The highest BCUT2D eigenvalue weighted by molar-refractivity contribution is 7.86. The van der Waals surface area contributed by atoms with Crippen LogP contribution >= 0.6 is 0 Å². The fraction of sp³-hybridized carbons (Fsp3) is 0.143. The zero-order chi connectivity index (χ0) is 24.6. The summed E-state index contributed by atoms with van der Waals surface area (Å²) in [5, 5.41) is 0.659. The SMILES string of the molecule is COc1ncc(-c2cnc3nc(N)nc(C)c3c2)cc1NS(=O)c1ccc(F)c(C(F)(F)F)c1. The van der Waals surface area contributed by atoms with Gasteiger partial charge >= 0.3 is 6.18 Å². The van der Waals surface area contributed by atoms with Gasteiger partial charge in [0.2, 0.25) is 11.8 Å². The van der Waals surface area contributed by atoms with Crippen LogP contribution in [0, 0.1) is 12.7 Å². The number of ether oxygens (including phenoxy) is 1. The van der Waals surface area contributed by atoms with Gasteiger partial charge in [-0.1, -0.05) is 0 Å². The summed E-state index contributed by atoms with van der Waals surface area (Å²) in [6.45, 7) is 1.76. The van der Waals surface area contributed by atoms with Gasteiger partial charge in [0.25, 0.3) is 0 Å². The third-order valence-corrected chi connectivity index (χ3v) is 5.88. The summed E-state index contributed by atoms with van der Waals surface area (Å²) in [5.41, 5.74) is 6.47. The molecule has 13 heteroatoms. The van der Waals surface area contributed by atoms with E-state index >= 15 is 0 Å². The van der Waals surface area contributed by atoms with Gasteiger partial charge in [-0.3, -0.25) is 4.72 Å². The second-order valence-electron chi connectivity index (χ2n) is 7.05. The summed E-state index contributed by atoms with van der Waals surface area (Å²) >= 11 is 0. The normalized spacial score (nSPS) is 12.5. The van der Waals surface area contributed by atoms with E-state index in [2.05, 4.69) is 24.7 Å². The van der Waals surface area contributed by atoms with Gasteiger partial charge in [-0.25, -0.2) is 23.6 Å². The van der Waals surface area contributed by atoms with E-state index < -0.39 is 28.5 Å². The first-order valence-corrected chi connectivity index (χ1v) is 10.7. The predicted octanol–water partition coefficient (Wildman–Crippen LogP) is 4.28. The summed E-state index contributed by atoms with van der Waals surface area (Å²) in [4.78, 5) is 16.4. The number of aromatic nitrogens is 4. The lowest BCUT2D eigenvalue weighted by Crippen LogP contribution is -2.12. The Balaban J connectivity index is 1.70. The number of halogens is 4. The first-order valence-electron chi connectivity index (χ1n) is 9.56. The first kappa shape index (κ1) is 23.3. The molecule has 176 valence electrons. The van der Waals surface area contributed by atoms with E-state index in [4.69, 9.17) is 10.5 Å². The summed E-state index contributed by atoms with van der Waals surface area (Å²) in [5.74, 6) is -1.31. The van der Waals surface area contributed by atoms with E-state index in [0.29, 0.717) is 40.0 Å². The number of nitrogens with zero attached hydrogens (tertiary/aromatic N) is 4. The Morgan fingerprint density at radius 2 is 1.76 bits per heavy atom. The van der Waals surface area contributed by atoms with Crippen molar-refractivity contribution in [2.45, 2.75) is 18.0 Å². The molecule has 1 unspecified atom stereocenters. The highest BCUT2D eigenvalue weighted by Crippen LogP contribution is 2.34. The molecule has 0 saturated heterocycles. The number of aryl methyl sites for hydroxylation is 1. The Labute approximate surface area is 192 Å². The number of benzene rings is 1. The number of nitrogens with two attached hydrogens (primary N) is 1. The molecule has 0 aliphatic carbocycles. The number of fused-ring (bicyclic) bond motifs is 1. The van der Waals surface area contributed by atoms with Gasteiger partial charge in [0.1, 0.15) is 22.5 Å². The van der Waals surface area contributed by atoms with Crippen molar-refractivity contribution in [3.63, 3.8) is 0 Å². The van der Waals surface area contributed by atoms with Crippen LogP contribution in [0.2, 0.25) is 0 Å². The van der Waals surface area contributed by atoms with Crippen molar-refractivity contribution in [3.8, 4) is 17.0 Å². The minimum absolute atomic E-state index is 0.0521. The number of rotatable bonds is 5. The molecule has 0 fully saturated rings. The predicted molar refractivity (Wildman–Crippen MR) is 118 cm³/mol. The van der Waals surface area contributed by atoms with Crippen molar-refractivity contribution in [2.24, 2.45) is 0 Å². The van der Waals surface area contributed by atoms with Gasteiger partial charge in [-0.15, -0.1) is 0 Å². The molecule has 3 N–H and O–H groups in total. The lowest BCUT2D eigenvalue weighted by Gasteiger charge is -2.13. The Kier molecular flexibility index (Phi) is 6.04. The number of methoxy groups -OCH3 is 1. The molecule has 3 aromatic heterocycles. The van der Waals surface area contributed by atoms with Crippen molar-refractivity contribution >= 4 is 33.7 Å². The molecule has 3 heterocycles. The lowest BCUT2D eigenvalue weighted by atomic mass is 10.1. The number of nitrogens with one attached hydrogen (secondary N) is 1. The van der Waals surface area contributed by atoms with E-state index in [0.717, 1.165) is 6.07 Å². The van der Waals surface area contributed by atoms with Gasteiger partial charge in [0.15, 0.2) is 5.65 Å². The quantitative estimate of drug-likeness (QED) is 0.400. The molecule has 8 nitrogen and oxygen atoms in total. The molecule has 0 spiro atoms. The molecule has 1 aromatic carbocycles. The van der Waals surface area contributed by atoms with E-state index in [9.17, 15) is 21.8 Å². The van der Waals surface area contributed by atoms with Crippen LogP contribution < -0.4 is 15.2 Å². The summed E-state index contributed by atoms with van der Waals surface area (Å²) in [6.07, 6.45) is -1.91. The monoisotopic (exact) mass is 492 g/mol. The van der Waals surface area contributed by atoms with Crippen LogP contribution in [-0.4, -0.2) is 31.3 Å². The number of hydrogen-bond donors (Lipinski definition) is 2. The van der Waals surface area contributed by atoms with Crippen LogP contribution in [0.15, 0.2) is 47.6 Å². The van der Waals surface area contributed by atoms with Gasteiger partial charge in [0.05, 0.1) is 23.3 Å². The van der Waals surface area contributed by atoms with Crippen LogP contribution in [0.4, 0.5) is 29.2 Å². The molecular formula is C21H16F4N6O2S. The summed E-state index contributed by atoms with van der Waals surface area (Å²) in [7, 11) is -0.847. The van der Waals surface area contributed by atoms with Crippen molar-refractivity contribution in [3.05, 3.63) is 59.8 Å². The number of nitrogen functional groups attached to an aromatic ring is 1.